The van der Waals surface area contributed by atoms with Crippen LogP contribution in [0.15, 0.2) is 18.5 Å². The molecule has 16 nitrogen and oxygen atoms in total. The summed E-state index contributed by atoms with van der Waals surface area (Å²) in [6, 6.07) is 6.01. The van der Waals surface area contributed by atoms with Crippen LogP contribution < -0.4 is 5.73 Å². The maximum atomic E-state index is 13.1. The lowest BCUT2D eigenvalue weighted by Gasteiger charge is -2.35. The Hall–Kier alpha value is -4.49. The number of aromatic nitrogens is 3. The van der Waals surface area contributed by atoms with Crippen molar-refractivity contribution in [1.82, 2.24) is 19.5 Å². The summed E-state index contributed by atoms with van der Waals surface area (Å²) < 4.78 is 30.4. The highest BCUT2D eigenvalue weighted by Gasteiger charge is 2.63. The zero-order valence-corrected chi connectivity index (χ0v) is 25.2. The molecule has 0 aliphatic carbocycles. The first-order valence-corrected chi connectivity index (χ1v) is 14.6. The van der Waals surface area contributed by atoms with Gasteiger partial charge in [-0.2, -0.15) is 10.4 Å². The van der Waals surface area contributed by atoms with Crippen molar-refractivity contribution < 1.29 is 48.0 Å². The van der Waals surface area contributed by atoms with E-state index in [1.54, 1.807) is 26.0 Å². The van der Waals surface area contributed by atoms with Gasteiger partial charge in [-0.05, 0) is 37.4 Å². The van der Waals surface area contributed by atoms with Crippen molar-refractivity contribution in [2.45, 2.75) is 94.5 Å². The number of carbonyl (C=O) groups excluding carboxylic acids is 3. The van der Waals surface area contributed by atoms with E-state index in [9.17, 15) is 19.6 Å². The lowest BCUT2D eigenvalue weighted by atomic mass is 9.86. The third-order valence-electron chi connectivity index (χ3n) is 8.89. The standard InChI is InChI=1S/C28H34N6O8.CH2O2/c1-27(2)10-21(35)40-23-19(12-38-26(37)39-17-8-15-4-5-16(9-17)33(15)3)42-28(13-29,24(23)41-22(36)11-27)20-7-6-18-25(30)31-14-32-34(18)20;2-1-3/h6-7,14-17,19,23-24H,4-5,8-12H2,1-3H3,(H2,30,31,32);1H,(H,2,3)/t15-,16+,17?,19-,23-,24-,28+;/m1./s1. The van der Waals surface area contributed by atoms with Crippen LogP contribution in [0.25, 0.3) is 5.52 Å². The number of ether oxygens (including phenoxy) is 5. The topological polar surface area (TPSA) is 218 Å². The molecule has 3 N–H and O–H groups in total. The van der Waals surface area contributed by atoms with Gasteiger partial charge >= 0.3 is 18.1 Å². The Morgan fingerprint density at radius 1 is 1.20 bits per heavy atom. The number of piperidine rings is 1. The number of carbonyl (C=O) groups is 4. The smallest absolute Gasteiger partial charge is 0.483 e. The average molecular weight is 629 g/mol. The van der Waals surface area contributed by atoms with Crippen LogP contribution in [0.2, 0.25) is 0 Å². The van der Waals surface area contributed by atoms with Crippen molar-refractivity contribution in [3.63, 3.8) is 0 Å². The molecule has 0 amide bonds. The van der Waals surface area contributed by atoms with Crippen molar-refractivity contribution in [3.8, 4) is 6.07 Å². The molecule has 16 heteroatoms. The third-order valence-corrected chi connectivity index (χ3v) is 8.89. The Bertz CT molecular complexity index is 1490. The predicted octanol–water partition coefficient (Wildman–Crippen LogP) is 1.55. The first-order chi connectivity index (χ1) is 21.4. The van der Waals surface area contributed by atoms with Crippen LogP contribution in [0.5, 0.6) is 0 Å². The number of anilines is 1. The van der Waals surface area contributed by atoms with Gasteiger partial charge in [0.05, 0.1) is 18.5 Å². The van der Waals surface area contributed by atoms with Crippen LogP contribution >= 0.6 is 0 Å². The van der Waals surface area contributed by atoms with Crippen LogP contribution in [0, 0.1) is 16.7 Å². The first-order valence-electron chi connectivity index (χ1n) is 14.6. The van der Waals surface area contributed by atoms with Crippen LogP contribution in [-0.2, 0) is 43.7 Å². The Kier molecular flexibility index (Phi) is 8.86. The fraction of sp³-hybridized carbons (Fsp3) is 0.621. The van der Waals surface area contributed by atoms with Gasteiger partial charge in [0.25, 0.3) is 6.47 Å². The van der Waals surface area contributed by atoms with Crippen molar-refractivity contribution in [2.24, 2.45) is 5.41 Å². The molecule has 4 aliphatic rings. The number of carboxylic acid groups (broad SMARTS) is 1. The molecule has 242 valence electrons. The lowest BCUT2D eigenvalue weighted by molar-refractivity contribution is -0.166. The van der Waals surface area contributed by atoms with Crippen LogP contribution in [-0.4, -0.2) is 99.3 Å². The summed E-state index contributed by atoms with van der Waals surface area (Å²) in [6.45, 7) is 2.82. The van der Waals surface area contributed by atoms with Crippen LogP contribution in [0.1, 0.15) is 58.1 Å². The molecule has 4 fully saturated rings. The van der Waals surface area contributed by atoms with E-state index in [1.165, 1.54) is 10.8 Å². The van der Waals surface area contributed by atoms with Gasteiger partial charge in [0, 0.05) is 24.9 Å². The van der Waals surface area contributed by atoms with E-state index in [0.29, 0.717) is 17.6 Å². The number of rotatable bonds is 4. The molecule has 4 aliphatic heterocycles. The number of nitrogens with two attached hydrogens (primary N) is 1. The zero-order valence-electron chi connectivity index (χ0n) is 25.2. The van der Waals surface area contributed by atoms with Crippen LogP contribution in [0.4, 0.5) is 10.6 Å². The second-order valence-corrected chi connectivity index (χ2v) is 12.5. The van der Waals surface area contributed by atoms with Gasteiger partial charge in [-0.25, -0.2) is 14.3 Å². The van der Waals surface area contributed by atoms with E-state index in [2.05, 4.69) is 28.1 Å². The molecule has 6 rings (SSSR count). The number of nitriles is 1. The molecule has 0 aromatic carbocycles. The van der Waals surface area contributed by atoms with Crippen molar-refractivity contribution in [1.29, 1.82) is 5.26 Å². The van der Waals surface area contributed by atoms with E-state index in [0.717, 1.165) is 25.7 Å². The Morgan fingerprint density at radius 3 is 2.49 bits per heavy atom. The maximum absolute atomic E-state index is 13.1. The van der Waals surface area contributed by atoms with Gasteiger partial charge in [0.1, 0.15) is 36.7 Å². The monoisotopic (exact) mass is 628 g/mol. The largest absolute Gasteiger partial charge is 0.508 e. The average Bonchev–Trinajstić information content (AvgIpc) is 3.58. The van der Waals surface area contributed by atoms with Gasteiger partial charge in [-0.1, -0.05) is 13.8 Å². The van der Waals surface area contributed by atoms with E-state index in [1.807, 2.05) is 0 Å². The van der Waals surface area contributed by atoms with Gasteiger partial charge in [0.2, 0.25) is 5.60 Å². The fourth-order valence-corrected chi connectivity index (χ4v) is 6.80. The van der Waals surface area contributed by atoms with Gasteiger partial charge in [-0.3, -0.25) is 14.4 Å². The number of hydrogen-bond acceptors (Lipinski definition) is 14. The van der Waals surface area contributed by atoms with E-state index in [-0.39, 0.29) is 36.9 Å². The van der Waals surface area contributed by atoms with Crippen molar-refractivity contribution >= 4 is 35.9 Å². The minimum Gasteiger partial charge on any atom is -0.483 e. The normalized spacial score (nSPS) is 32.3. The van der Waals surface area contributed by atoms with Crippen molar-refractivity contribution in [2.75, 3.05) is 19.4 Å². The summed E-state index contributed by atoms with van der Waals surface area (Å²) in [4.78, 5) is 53.6. The highest BCUT2D eigenvalue weighted by atomic mass is 16.7. The molecule has 2 aromatic heterocycles. The first kappa shape index (κ1) is 31.9. The van der Waals surface area contributed by atoms with Gasteiger partial charge in [0.15, 0.2) is 18.0 Å². The number of hydrogen-bond donors (Lipinski definition) is 2. The Labute approximate surface area is 258 Å². The summed E-state index contributed by atoms with van der Waals surface area (Å²) in [5.74, 6) is -1.08. The summed E-state index contributed by atoms with van der Waals surface area (Å²) in [5, 5.41) is 21.7. The number of nitrogen functional groups attached to an aromatic ring is 1. The zero-order chi connectivity index (χ0) is 32.5. The molecular formula is C29H36N6O10. The fourth-order valence-electron chi connectivity index (χ4n) is 6.80. The minimum atomic E-state index is -1.99. The summed E-state index contributed by atoms with van der Waals surface area (Å²) >= 11 is 0. The molecule has 2 aromatic rings. The van der Waals surface area contributed by atoms with E-state index >= 15 is 0 Å². The van der Waals surface area contributed by atoms with Gasteiger partial charge in [-0.15, -0.1) is 0 Å². The van der Waals surface area contributed by atoms with E-state index in [4.69, 9.17) is 39.3 Å². The molecule has 2 bridgehead atoms. The summed E-state index contributed by atoms with van der Waals surface area (Å²) in [6.07, 6.45) is -0.383. The lowest BCUT2D eigenvalue weighted by Crippen LogP contribution is -2.46. The predicted molar refractivity (Wildman–Crippen MR) is 151 cm³/mol. The Balaban J connectivity index is 0.00000128. The summed E-state index contributed by atoms with van der Waals surface area (Å²) in [5.41, 5.74) is 3.84. The second kappa shape index (κ2) is 12.5. The van der Waals surface area contributed by atoms with Gasteiger partial charge < -0.3 is 39.4 Å². The second-order valence-electron chi connectivity index (χ2n) is 12.5. The minimum absolute atomic E-state index is 0.0727. The number of esters is 2. The molecule has 0 saturated carbocycles. The molecule has 1 unspecified atom stereocenters. The Morgan fingerprint density at radius 2 is 1.84 bits per heavy atom. The van der Waals surface area contributed by atoms with Crippen molar-refractivity contribution in [3.05, 3.63) is 24.2 Å². The highest BCUT2D eigenvalue weighted by Crippen LogP contribution is 2.45. The maximum Gasteiger partial charge on any atom is 0.508 e. The molecule has 7 atom stereocenters. The highest BCUT2D eigenvalue weighted by molar-refractivity contribution is 5.75. The number of nitrogens with zero attached hydrogens (tertiary/aromatic N) is 5. The van der Waals surface area contributed by atoms with Crippen LogP contribution in [0.3, 0.4) is 0 Å². The third kappa shape index (κ3) is 6.22. The number of fused-ring (bicyclic) bond motifs is 4. The molecule has 0 radical (unpaired) electrons. The molecule has 45 heavy (non-hydrogen) atoms. The summed E-state index contributed by atoms with van der Waals surface area (Å²) in [7, 11) is 2.09. The molecular weight excluding hydrogens is 592 g/mol. The van der Waals surface area contributed by atoms with E-state index < -0.39 is 54.0 Å². The molecule has 6 heterocycles. The SMILES string of the molecule is CN1[C@@H]2CC[C@H]1CC(OC(=O)OC[C@H]1O[C@@](C#N)(c3ccc4c(N)ncnn34)[C@@H]3OC(=O)CC(C)(C)CC(=O)O[C@@H]31)C2.O=CO. The quantitative estimate of drug-likeness (QED) is 0.279. The molecule has 0 spiro atoms. The molecule has 4 saturated heterocycles.